The van der Waals surface area contributed by atoms with E-state index in [9.17, 15) is 9.59 Å². The van der Waals surface area contributed by atoms with E-state index in [4.69, 9.17) is 10.2 Å². The van der Waals surface area contributed by atoms with Crippen molar-refractivity contribution in [3.05, 3.63) is 0 Å². The summed E-state index contributed by atoms with van der Waals surface area (Å²) >= 11 is 2.21. The molecule has 0 aromatic rings. The molecule has 0 aromatic carbocycles. The molecule has 0 heterocycles. The minimum Gasteiger partial charge on any atom is -0.481 e. The van der Waals surface area contributed by atoms with E-state index in [2.05, 4.69) is 25.6 Å². The first-order chi connectivity index (χ1) is 18.0. The zero-order chi connectivity index (χ0) is 28.2. The molecule has 0 rings (SSSR count). The van der Waals surface area contributed by atoms with Crippen LogP contribution in [0.2, 0.25) is 0 Å². The number of carboxylic acids is 2. The van der Waals surface area contributed by atoms with Gasteiger partial charge in [-0.2, -0.15) is 11.8 Å². The third-order valence-corrected chi connectivity index (χ3v) is 7.54. The Hall–Kier alpha value is -0.710. The molecule has 0 radical (unpaired) electrons. The number of thioether (sulfide) groups is 1. The Balaban J connectivity index is -0.000000969. The fourth-order valence-electron chi connectivity index (χ4n) is 3.84. The summed E-state index contributed by atoms with van der Waals surface area (Å²) in [6.45, 7) is 7.80. The maximum atomic E-state index is 9.37. The lowest BCUT2D eigenvalue weighted by molar-refractivity contribution is -0.137. The van der Waals surface area contributed by atoms with E-state index < -0.39 is 11.9 Å². The van der Waals surface area contributed by atoms with Gasteiger partial charge < -0.3 is 10.2 Å². The van der Waals surface area contributed by atoms with Crippen LogP contribution in [0.3, 0.4) is 0 Å². The average Bonchev–Trinajstić information content (AvgIpc) is 2.89. The van der Waals surface area contributed by atoms with Gasteiger partial charge >= 0.3 is 11.9 Å². The number of aliphatic carboxylic acids is 2. The van der Waals surface area contributed by atoms with E-state index in [-0.39, 0.29) is 12.8 Å². The molecule has 4 nitrogen and oxygen atoms in total. The summed E-state index contributed by atoms with van der Waals surface area (Å²) in [5, 5.41) is 15.4. The van der Waals surface area contributed by atoms with Crippen molar-refractivity contribution in [1.82, 2.24) is 0 Å². The highest BCUT2D eigenvalue weighted by Gasteiger charge is 1.96. The Morgan fingerprint density at radius 1 is 0.405 bits per heavy atom. The molecule has 0 saturated heterocycles. The fourth-order valence-corrected chi connectivity index (χ4v) is 4.86. The molecule has 0 saturated carbocycles. The van der Waals surface area contributed by atoms with E-state index in [0.717, 1.165) is 0 Å². The first kappa shape index (κ1) is 40.8. The molecule has 224 valence electrons. The maximum absolute atomic E-state index is 9.37. The second-order valence-electron chi connectivity index (χ2n) is 10.2. The molecule has 0 atom stereocenters. The lowest BCUT2D eigenvalue weighted by Gasteiger charge is -2.04. The highest BCUT2D eigenvalue weighted by Crippen LogP contribution is 2.15. The van der Waals surface area contributed by atoms with Gasteiger partial charge in [0.15, 0.2) is 0 Å². The number of rotatable bonds is 26. The Bertz CT molecular complexity index is 391. The first-order valence-electron chi connectivity index (χ1n) is 16.0. The molecule has 0 fully saturated rings. The molecular formula is C32H66O4S. The molecule has 2 N–H and O–H groups in total. The van der Waals surface area contributed by atoms with Crippen LogP contribution in [0.4, 0.5) is 0 Å². The van der Waals surface area contributed by atoms with Gasteiger partial charge in [0.1, 0.15) is 0 Å². The van der Waals surface area contributed by atoms with Crippen LogP contribution in [0.1, 0.15) is 182 Å². The molecule has 0 aliphatic rings. The lowest BCUT2D eigenvalue weighted by Crippen LogP contribution is -1.87. The Kier molecular flexibility index (Phi) is 43.9. The van der Waals surface area contributed by atoms with Crippen LogP contribution < -0.4 is 0 Å². The molecule has 0 unspecified atom stereocenters. The van der Waals surface area contributed by atoms with Crippen LogP contribution in [0.15, 0.2) is 0 Å². The van der Waals surface area contributed by atoms with Crippen molar-refractivity contribution in [2.24, 2.45) is 0 Å². The summed E-state index contributed by atoms with van der Waals surface area (Å²) in [6, 6.07) is 0. The molecular weight excluding hydrogens is 480 g/mol. The van der Waals surface area contributed by atoms with Crippen LogP contribution in [0.5, 0.6) is 0 Å². The van der Waals surface area contributed by atoms with Gasteiger partial charge in [-0.05, 0) is 24.3 Å². The minimum absolute atomic E-state index is 0.222. The van der Waals surface area contributed by atoms with Gasteiger partial charge in [-0.15, -0.1) is 0 Å². The number of carboxylic acid groups (broad SMARTS) is 2. The minimum atomic E-state index is -0.745. The average molecular weight is 547 g/mol. The topological polar surface area (TPSA) is 74.6 Å². The third kappa shape index (κ3) is 52.5. The third-order valence-electron chi connectivity index (χ3n) is 6.39. The second-order valence-corrected chi connectivity index (χ2v) is 11.4. The largest absolute Gasteiger partial charge is 0.481 e. The molecule has 0 bridgehead atoms. The normalized spacial score (nSPS) is 10.3. The summed E-state index contributed by atoms with van der Waals surface area (Å²) in [7, 11) is 0. The van der Waals surface area contributed by atoms with Gasteiger partial charge in [0.25, 0.3) is 0 Å². The molecule has 0 amide bonds. The molecule has 0 aliphatic carbocycles. The predicted molar refractivity (Wildman–Crippen MR) is 166 cm³/mol. The summed E-state index contributed by atoms with van der Waals surface area (Å²) in [6.07, 6.45) is 32.6. The van der Waals surface area contributed by atoms with Crippen molar-refractivity contribution < 1.29 is 19.8 Å². The predicted octanol–water partition coefficient (Wildman–Crippen LogP) is 11.3. The summed E-state index contributed by atoms with van der Waals surface area (Å²) in [4.78, 5) is 18.7. The second kappa shape index (κ2) is 39.8. The van der Waals surface area contributed by atoms with Crippen molar-refractivity contribution in [2.75, 3.05) is 11.5 Å². The van der Waals surface area contributed by atoms with Crippen molar-refractivity contribution in [3.8, 4) is 0 Å². The van der Waals surface area contributed by atoms with E-state index >= 15 is 0 Å². The van der Waals surface area contributed by atoms with Gasteiger partial charge in [0, 0.05) is 12.8 Å². The quantitative estimate of drug-likeness (QED) is 0.105. The number of carbonyl (C=O) groups is 2. The van der Waals surface area contributed by atoms with Gasteiger partial charge in [-0.1, -0.05) is 156 Å². The smallest absolute Gasteiger partial charge is 0.303 e. The molecule has 0 aliphatic heterocycles. The highest BCUT2D eigenvalue weighted by atomic mass is 32.2. The zero-order valence-corrected chi connectivity index (χ0v) is 26.3. The van der Waals surface area contributed by atoms with Gasteiger partial charge in [0.05, 0.1) is 0 Å². The number of hydrogen-bond acceptors (Lipinski definition) is 3. The Morgan fingerprint density at radius 3 is 0.784 bits per heavy atom. The van der Waals surface area contributed by atoms with Crippen molar-refractivity contribution in [3.63, 3.8) is 0 Å². The van der Waals surface area contributed by atoms with Crippen LogP contribution in [-0.2, 0) is 9.59 Å². The van der Waals surface area contributed by atoms with E-state index in [1.54, 1.807) is 13.8 Å². The molecule has 0 aromatic heterocycles. The molecule has 5 heteroatoms. The SMILES string of the molecule is CCC(=O)O.CCC(=O)O.CCCCCCCCCCCCCSCCCCCCCCCCCCC. The van der Waals surface area contributed by atoms with Gasteiger partial charge in [-0.25, -0.2) is 0 Å². The van der Waals surface area contributed by atoms with Crippen LogP contribution in [-0.4, -0.2) is 33.7 Å². The van der Waals surface area contributed by atoms with Gasteiger partial charge in [0.2, 0.25) is 0 Å². The Labute approximate surface area is 236 Å². The summed E-state index contributed by atoms with van der Waals surface area (Å²) in [5.74, 6) is 1.33. The van der Waals surface area contributed by atoms with E-state index in [0.29, 0.717) is 0 Å². The van der Waals surface area contributed by atoms with Crippen molar-refractivity contribution >= 4 is 23.7 Å². The van der Waals surface area contributed by atoms with Crippen molar-refractivity contribution in [1.29, 1.82) is 0 Å². The van der Waals surface area contributed by atoms with Crippen molar-refractivity contribution in [2.45, 2.75) is 182 Å². The maximum Gasteiger partial charge on any atom is 0.303 e. The zero-order valence-electron chi connectivity index (χ0n) is 25.5. The van der Waals surface area contributed by atoms with Crippen LogP contribution in [0.25, 0.3) is 0 Å². The summed E-state index contributed by atoms with van der Waals surface area (Å²) in [5.41, 5.74) is 0. The highest BCUT2D eigenvalue weighted by molar-refractivity contribution is 7.99. The summed E-state index contributed by atoms with van der Waals surface area (Å²) < 4.78 is 0. The monoisotopic (exact) mass is 546 g/mol. The van der Waals surface area contributed by atoms with E-state index in [1.165, 1.54) is 153 Å². The standard InChI is InChI=1S/C26H54S.2C3H6O2/c1-3-5-7-9-11-13-15-17-19-21-23-25-27-26-24-22-20-18-16-14-12-10-8-6-4-2;2*1-2-3(4)5/h3-26H2,1-2H3;2*2H2,1H3,(H,4,5). The number of hydrogen-bond donors (Lipinski definition) is 2. The van der Waals surface area contributed by atoms with Crippen LogP contribution >= 0.6 is 11.8 Å². The molecule has 37 heavy (non-hydrogen) atoms. The first-order valence-corrected chi connectivity index (χ1v) is 17.1. The lowest BCUT2D eigenvalue weighted by atomic mass is 10.1. The fraction of sp³-hybridized carbons (Fsp3) is 0.938. The van der Waals surface area contributed by atoms with Gasteiger partial charge in [-0.3, -0.25) is 9.59 Å². The molecule has 0 spiro atoms. The Morgan fingerprint density at radius 2 is 0.595 bits per heavy atom. The number of unbranched alkanes of at least 4 members (excludes halogenated alkanes) is 20. The van der Waals surface area contributed by atoms with E-state index in [1.807, 2.05) is 0 Å². The van der Waals surface area contributed by atoms with Crippen LogP contribution in [0, 0.1) is 0 Å².